The number of rotatable bonds is 5. The third-order valence-electron chi connectivity index (χ3n) is 4.69. The van der Waals surface area contributed by atoms with Gasteiger partial charge in [-0.2, -0.15) is 0 Å². The van der Waals surface area contributed by atoms with Crippen LogP contribution >= 0.6 is 11.3 Å². The van der Waals surface area contributed by atoms with E-state index in [1.54, 1.807) is 6.07 Å². The highest BCUT2D eigenvalue weighted by Gasteiger charge is 2.23. The SMILES string of the molecule is CNC(=O)c1cncc(Oc2ccc3nc(NC4CCCC[C@H]4O)sc3c2)n1. The molecule has 0 bridgehead atoms. The molecule has 1 aromatic carbocycles. The van der Waals surface area contributed by atoms with Crippen LogP contribution in [0.4, 0.5) is 5.13 Å². The van der Waals surface area contributed by atoms with Crippen LogP contribution < -0.4 is 15.4 Å². The zero-order chi connectivity index (χ0) is 19.5. The molecule has 2 aromatic heterocycles. The standard InChI is InChI=1S/C19H21N5O3S/c1-20-18(26)14-9-21-10-17(22-14)27-11-6-7-13-16(8-11)28-19(24-13)23-12-4-2-3-5-15(12)25/h6-10,12,15,25H,2-5H2,1H3,(H,20,26)(H,23,24)/t12?,15-/m1/s1. The molecule has 1 amide bonds. The summed E-state index contributed by atoms with van der Waals surface area (Å²) >= 11 is 1.52. The number of carbonyl (C=O) groups is 1. The first kappa shape index (κ1) is 18.6. The van der Waals surface area contributed by atoms with Crippen LogP contribution in [-0.4, -0.2) is 45.2 Å². The average molecular weight is 399 g/mol. The van der Waals surface area contributed by atoms with Gasteiger partial charge in [0, 0.05) is 13.1 Å². The van der Waals surface area contributed by atoms with Crippen LogP contribution in [0.1, 0.15) is 36.2 Å². The van der Waals surface area contributed by atoms with Crippen LogP contribution in [0.3, 0.4) is 0 Å². The summed E-state index contributed by atoms with van der Waals surface area (Å²) in [6, 6.07) is 5.60. The number of carbonyl (C=O) groups excluding carboxylic acids is 1. The number of aliphatic hydroxyl groups is 1. The molecule has 3 N–H and O–H groups in total. The van der Waals surface area contributed by atoms with E-state index < -0.39 is 0 Å². The molecular formula is C19H21N5O3S. The Morgan fingerprint density at radius 3 is 2.93 bits per heavy atom. The number of nitrogens with one attached hydrogen (secondary N) is 2. The van der Waals surface area contributed by atoms with Crippen molar-refractivity contribution in [1.29, 1.82) is 0 Å². The number of amides is 1. The van der Waals surface area contributed by atoms with E-state index in [1.165, 1.54) is 30.8 Å². The molecule has 0 radical (unpaired) electrons. The molecule has 3 aromatic rings. The second-order valence-electron chi connectivity index (χ2n) is 6.67. The predicted octanol–water partition coefficient (Wildman–Crippen LogP) is 2.95. The number of hydrogen-bond acceptors (Lipinski definition) is 8. The lowest BCUT2D eigenvalue weighted by atomic mass is 9.93. The van der Waals surface area contributed by atoms with E-state index in [4.69, 9.17) is 4.74 Å². The van der Waals surface area contributed by atoms with Crippen molar-refractivity contribution in [3.63, 3.8) is 0 Å². The van der Waals surface area contributed by atoms with E-state index in [0.717, 1.165) is 41.0 Å². The van der Waals surface area contributed by atoms with E-state index in [2.05, 4.69) is 25.6 Å². The van der Waals surface area contributed by atoms with E-state index in [9.17, 15) is 9.90 Å². The van der Waals surface area contributed by atoms with E-state index in [1.807, 2.05) is 12.1 Å². The van der Waals surface area contributed by atoms with Crippen molar-refractivity contribution in [2.75, 3.05) is 12.4 Å². The number of ether oxygens (including phenoxy) is 1. The lowest BCUT2D eigenvalue weighted by Gasteiger charge is -2.27. The molecule has 1 unspecified atom stereocenters. The molecule has 0 saturated heterocycles. The Labute approximate surface area is 166 Å². The van der Waals surface area contributed by atoms with Gasteiger partial charge < -0.3 is 20.5 Å². The summed E-state index contributed by atoms with van der Waals surface area (Å²) in [4.78, 5) is 24.4. The third-order valence-corrected chi connectivity index (χ3v) is 5.64. The van der Waals surface area contributed by atoms with E-state index >= 15 is 0 Å². The number of fused-ring (bicyclic) bond motifs is 1. The maximum atomic E-state index is 11.7. The summed E-state index contributed by atoms with van der Waals surface area (Å²) in [5.74, 6) is 0.508. The van der Waals surface area contributed by atoms with Gasteiger partial charge in [0.25, 0.3) is 5.91 Å². The van der Waals surface area contributed by atoms with Crippen molar-refractivity contribution in [1.82, 2.24) is 20.3 Å². The van der Waals surface area contributed by atoms with Crippen molar-refractivity contribution in [2.24, 2.45) is 0 Å². The lowest BCUT2D eigenvalue weighted by Crippen LogP contribution is -2.36. The smallest absolute Gasteiger partial charge is 0.271 e. The summed E-state index contributed by atoms with van der Waals surface area (Å²) in [6.45, 7) is 0. The van der Waals surface area contributed by atoms with Gasteiger partial charge in [0.15, 0.2) is 5.13 Å². The zero-order valence-corrected chi connectivity index (χ0v) is 16.2. The summed E-state index contributed by atoms with van der Waals surface area (Å²) in [5.41, 5.74) is 1.05. The number of hydrogen-bond donors (Lipinski definition) is 3. The Hall–Kier alpha value is -2.78. The van der Waals surface area contributed by atoms with Gasteiger partial charge in [-0.05, 0) is 25.0 Å². The number of nitrogens with zero attached hydrogens (tertiary/aromatic N) is 3. The minimum atomic E-state index is -0.328. The second kappa shape index (κ2) is 8.07. The monoisotopic (exact) mass is 399 g/mol. The highest BCUT2D eigenvalue weighted by Crippen LogP contribution is 2.32. The van der Waals surface area contributed by atoms with Gasteiger partial charge in [-0.25, -0.2) is 9.97 Å². The van der Waals surface area contributed by atoms with Gasteiger partial charge in [0.05, 0.1) is 34.8 Å². The fourth-order valence-electron chi connectivity index (χ4n) is 3.22. The van der Waals surface area contributed by atoms with Gasteiger partial charge in [0.1, 0.15) is 11.4 Å². The fourth-order valence-corrected chi connectivity index (χ4v) is 4.18. The Balaban J connectivity index is 1.51. The van der Waals surface area contributed by atoms with Crippen molar-refractivity contribution in [3.05, 3.63) is 36.3 Å². The normalized spacial score (nSPS) is 19.4. The second-order valence-corrected chi connectivity index (χ2v) is 7.71. The molecule has 146 valence electrons. The topological polar surface area (TPSA) is 109 Å². The van der Waals surface area contributed by atoms with Crippen LogP contribution in [0.2, 0.25) is 0 Å². The highest BCUT2D eigenvalue weighted by atomic mass is 32.1. The Bertz CT molecular complexity index is 993. The molecular weight excluding hydrogens is 378 g/mol. The lowest BCUT2D eigenvalue weighted by molar-refractivity contribution is 0.0957. The van der Waals surface area contributed by atoms with Crippen molar-refractivity contribution in [2.45, 2.75) is 37.8 Å². The Kier molecular flexibility index (Phi) is 5.36. The summed E-state index contributed by atoms with van der Waals surface area (Å²) in [6.07, 6.45) is 6.49. The summed E-state index contributed by atoms with van der Waals surface area (Å²) in [5, 5.41) is 16.8. The first-order valence-corrected chi connectivity index (χ1v) is 10.0. The Morgan fingerprint density at radius 2 is 2.11 bits per heavy atom. The fraction of sp³-hybridized carbons (Fsp3) is 0.368. The molecule has 2 heterocycles. The molecule has 2 atom stereocenters. The first-order valence-electron chi connectivity index (χ1n) is 9.19. The van der Waals surface area contributed by atoms with E-state index in [0.29, 0.717) is 5.75 Å². The Morgan fingerprint density at radius 1 is 1.25 bits per heavy atom. The van der Waals surface area contributed by atoms with Crippen LogP contribution in [0.25, 0.3) is 10.2 Å². The molecule has 8 nitrogen and oxygen atoms in total. The number of aliphatic hydroxyl groups excluding tert-OH is 1. The maximum Gasteiger partial charge on any atom is 0.271 e. The molecule has 9 heteroatoms. The van der Waals surface area contributed by atoms with Crippen molar-refractivity contribution < 1.29 is 14.6 Å². The van der Waals surface area contributed by atoms with Gasteiger partial charge in [-0.15, -0.1) is 0 Å². The maximum absolute atomic E-state index is 11.7. The van der Waals surface area contributed by atoms with Gasteiger partial charge in [-0.3, -0.25) is 9.78 Å². The quantitative estimate of drug-likeness (QED) is 0.605. The molecule has 28 heavy (non-hydrogen) atoms. The minimum absolute atomic E-state index is 0.0489. The number of aromatic nitrogens is 3. The average Bonchev–Trinajstić information content (AvgIpc) is 3.11. The molecule has 0 aliphatic heterocycles. The van der Waals surface area contributed by atoms with Gasteiger partial charge in [0.2, 0.25) is 5.88 Å². The third kappa shape index (κ3) is 4.05. The number of benzene rings is 1. The van der Waals surface area contributed by atoms with E-state index in [-0.39, 0.29) is 29.6 Å². The molecule has 1 saturated carbocycles. The summed E-state index contributed by atoms with van der Waals surface area (Å²) in [7, 11) is 1.53. The molecule has 1 fully saturated rings. The zero-order valence-electron chi connectivity index (χ0n) is 15.4. The van der Waals surface area contributed by atoms with Gasteiger partial charge in [-0.1, -0.05) is 24.2 Å². The molecule has 0 spiro atoms. The van der Waals surface area contributed by atoms with Crippen LogP contribution in [0, 0.1) is 0 Å². The molecule has 1 aliphatic rings. The highest BCUT2D eigenvalue weighted by molar-refractivity contribution is 7.22. The van der Waals surface area contributed by atoms with Gasteiger partial charge >= 0.3 is 0 Å². The largest absolute Gasteiger partial charge is 0.437 e. The van der Waals surface area contributed by atoms with Crippen molar-refractivity contribution in [3.8, 4) is 11.6 Å². The summed E-state index contributed by atoms with van der Waals surface area (Å²) < 4.78 is 6.72. The number of thiazole rings is 1. The van der Waals surface area contributed by atoms with Crippen LogP contribution in [0.5, 0.6) is 11.6 Å². The first-order chi connectivity index (χ1) is 13.6. The van der Waals surface area contributed by atoms with Crippen molar-refractivity contribution >= 4 is 32.6 Å². The van der Waals surface area contributed by atoms with Crippen LogP contribution in [-0.2, 0) is 0 Å². The molecule has 4 rings (SSSR count). The minimum Gasteiger partial charge on any atom is -0.437 e. The number of anilines is 1. The van der Waals surface area contributed by atoms with Crippen LogP contribution in [0.15, 0.2) is 30.6 Å². The predicted molar refractivity (Wildman–Crippen MR) is 107 cm³/mol. The molecule has 1 aliphatic carbocycles.